The third kappa shape index (κ3) is 2.11. The fourth-order valence-corrected chi connectivity index (χ4v) is 4.04. The van der Waals surface area contributed by atoms with Gasteiger partial charge in [0.15, 0.2) is 0 Å². The fourth-order valence-electron chi connectivity index (χ4n) is 3.38. The van der Waals surface area contributed by atoms with Crippen molar-refractivity contribution in [1.82, 2.24) is 15.2 Å². The van der Waals surface area contributed by atoms with E-state index < -0.39 is 0 Å². The number of rotatable bonds is 2. The molecule has 3 fully saturated rings. The summed E-state index contributed by atoms with van der Waals surface area (Å²) in [7, 11) is 0. The summed E-state index contributed by atoms with van der Waals surface area (Å²) in [5.74, 6) is 0.700. The Labute approximate surface area is 121 Å². The monoisotopic (exact) mass is 287 g/mol. The second-order valence-electron chi connectivity index (χ2n) is 5.75. The number of piperidine rings is 3. The lowest BCUT2D eigenvalue weighted by Crippen LogP contribution is -2.57. The van der Waals surface area contributed by atoms with Gasteiger partial charge in [-0.15, -0.1) is 11.3 Å². The average Bonchev–Trinajstić information content (AvgIpc) is 2.96. The van der Waals surface area contributed by atoms with Crippen LogP contribution in [0.1, 0.15) is 23.2 Å². The van der Waals surface area contributed by atoms with Crippen molar-refractivity contribution in [2.75, 3.05) is 19.6 Å². The van der Waals surface area contributed by atoms with Crippen LogP contribution >= 0.6 is 11.3 Å². The quantitative estimate of drug-likeness (QED) is 0.920. The molecule has 4 heterocycles. The van der Waals surface area contributed by atoms with Crippen molar-refractivity contribution in [2.45, 2.75) is 18.9 Å². The van der Waals surface area contributed by atoms with Crippen LogP contribution in [0.4, 0.5) is 0 Å². The number of amides is 1. The molecule has 1 N–H and O–H groups in total. The Bertz CT molecular complexity index is 645. The molecule has 3 saturated heterocycles. The van der Waals surface area contributed by atoms with Gasteiger partial charge in [-0.2, -0.15) is 0 Å². The molecule has 2 bridgehead atoms. The number of hydrogen-bond acceptors (Lipinski definition) is 4. The molecule has 1 amide bonds. The molecular weight excluding hydrogens is 270 g/mol. The van der Waals surface area contributed by atoms with E-state index in [0.717, 1.165) is 22.3 Å². The maximum absolute atomic E-state index is 12.4. The summed E-state index contributed by atoms with van der Waals surface area (Å²) in [5.41, 5.74) is 3.45. The van der Waals surface area contributed by atoms with Crippen molar-refractivity contribution in [1.29, 1.82) is 0 Å². The maximum Gasteiger partial charge on any atom is 0.251 e. The first-order chi connectivity index (χ1) is 9.79. The van der Waals surface area contributed by atoms with Gasteiger partial charge in [-0.05, 0) is 50.0 Å². The van der Waals surface area contributed by atoms with Gasteiger partial charge >= 0.3 is 0 Å². The van der Waals surface area contributed by atoms with Crippen LogP contribution in [0.3, 0.4) is 0 Å². The second kappa shape index (κ2) is 4.82. The zero-order chi connectivity index (χ0) is 13.5. The Morgan fingerprint density at radius 3 is 2.95 bits per heavy atom. The molecule has 4 nitrogen and oxygen atoms in total. The summed E-state index contributed by atoms with van der Waals surface area (Å²) < 4.78 is 1.13. The summed E-state index contributed by atoms with van der Waals surface area (Å²) >= 11 is 1.60. The molecule has 3 aliphatic heterocycles. The number of hydrogen-bond donors (Lipinski definition) is 1. The lowest BCUT2D eigenvalue weighted by atomic mass is 9.84. The largest absolute Gasteiger partial charge is 0.348 e. The lowest BCUT2D eigenvalue weighted by Gasteiger charge is -2.44. The van der Waals surface area contributed by atoms with Crippen LogP contribution in [0.15, 0.2) is 23.7 Å². The van der Waals surface area contributed by atoms with Gasteiger partial charge in [-0.25, -0.2) is 4.98 Å². The highest BCUT2D eigenvalue weighted by atomic mass is 32.1. The third-order valence-corrected chi connectivity index (χ3v) is 5.38. The summed E-state index contributed by atoms with van der Waals surface area (Å²) in [6.07, 6.45) is 2.44. The number of nitrogens with zero attached hydrogens (tertiary/aromatic N) is 2. The summed E-state index contributed by atoms with van der Waals surface area (Å²) in [6, 6.07) is 6.09. The van der Waals surface area contributed by atoms with Crippen LogP contribution in [0.5, 0.6) is 0 Å². The number of benzene rings is 1. The molecule has 0 spiro atoms. The smallest absolute Gasteiger partial charge is 0.251 e. The van der Waals surface area contributed by atoms with E-state index in [0.29, 0.717) is 12.0 Å². The van der Waals surface area contributed by atoms with Gasteiger partial charge in [0.05, 0.1) is 15.7 Å². The zero-order valence-corrected chi connectivity index (χ0v) is 12.0. The first-order valence-electron chi connectivity index (χ1n) is 7.16. The molecule has 1 aromatic heterocycles. The van der Waals surface area contributed by atoms with E-state index >= 15 is 0 Å². The minimum Gasteiger partial charge on any atom is -0.348 e. The van der Waals surface area contributed by atoms with E-state index in [9.17, 15) is 4.79 Å². The van der Waals surface area contributed by atoms with E-state index in [-0.39, 0.29) is 5.91 Å². The summed E-state index contributed by atoms with van der Waals surface area (Å²) in [5, 5.41) is 3.22. The van der Waals surface area contributed by atoms with Gasteiger partial charge in [0.2, 0.25) is 0 Å². The van der Waals surface area contributed by atoms with Crippen LogP contribution in [-0.4, -0.2) is 41.5 Å². The maximum atomic E-state index is 12.4. The number of fused-ring (bicyclic) bond motifs is 4. The molecule has 0 unspecified atom stereocenters. The molecule has 1 atom stereocenters. The molecule has 20 heavy (non-hydrogen) atoms. The molecule has 5 rings (SSSR count). The third-order valence-electron chi connectivity index (χ3n) is 4.57. The molecule has 2 aromatic rings. The summed E-state index contributed by atoms with van der Waals surface area (Å²) in [6.45, 7) is 3.40. The first kappa shape index (κ1) is 12.3. The predicted octanol–water partition coefficient (Wildman–Crippen LogP) is 2.12. The Morgan fingerprint density at radius 1 is 1.35 bits per heavy atom. The first-order valence-corrected chi connectivity index (χ1v) is 8.04. The number of carbonyl (C=O) groups excluding carboxylic acids is 1. The van der Waals surface area contributed by atoms with Crippen molar-refractivity contribution in [3.05, 3.63) is 29.3 Å². The predicted molar refractivity (Wildman–Crippen MR) is 80.0 cm³/mol. The van der Waals surface area contributed by atoms with E-state index in [1.165, 1.54) is 25.9 Å². The number of aromatic nitrogens is 1. The van der Waals surface area contributed by atoms with Gasteiger partial charge in [-0.1, -0.05) is 0 Å². The normalized spacial score (nSPS) is 28.7. The van der Waals surface area contributed by atoms with Crippen molar-refractivity contribution < 1.29 is 4.79 Å². The fraction of sp³-hybridized carbons (Fsp3) is 0.467. The Morgan fingerprint density at radius 2 is 2.20 bits per heavy atom. The molecule has 0 saturated carbocycles. The highest BCUT2D eigenvalue weighted by Crippen LogP contribution is 2.27. The zero-order valence-electron chi connectivity index (χ0n) is 11.2. The molecule has 0 radical (unpaired) electrons. The van der Waals surface area contributed by atoms with Crippen molar-refractivity contribution >= 4 is 27.5 Å². The van der Waals surface area contributed by atoms with Gasteiger partial charge in [0.1, 0.15) is 0 Å². The van der Waals surface area contributed by atoms with Crippen LogP contribution in [-0.2, 0) is 0 Å². The topological polar surface area (TPSA) is 45.2 Å². The minimum atomic E-state index is 0.0404. The molecule has 1 aromatic carbocycles. The molecule has 3 aliphatic rings. The molecule has 0 aliphatic carbocycles. The Balaban J connectivity index is 1.52. The van der Waals surface area contributed by atoms with Crippen molar-refractivity contribution in [2.24, 2.45) is 5.92 Å². The highest BCUT2D eigenvalue weighted by molar-refractivity contribution is 7.16. The van der Waals surface area contributed by atoms with E-state index in [2.05, 4.69) is 15.2 Å². The number of nitrogens with one attached hydrogen (secondary N) is 1. The van der Waals surface area contributed by atoms with Crippen LogP contribution < -0.4 is 5.32 Å². The van der Waals surface area contributed by atoms with Crippen LogP contribution in [0, 0.1) is 5.92 Å². The molecule has 104 valence electrons. The average molecular weight is 287 g/mol. The second-order valence-corrected chi connectivity index (χ2v) is 6.64. The van der Waals surface area contributed by atoms with E-state index in [1.807, 2.05) is 23.7 Å². The Kier molecular flexibility index (Phi) is 2.97. The minimum absolute atomic E-state index is 0.0404. The molecular formula is C15H17N3OS. The summed E-state index contributed by atoms with van der Waals surface area (Å²) in [4.78, 5) is 19.1. The van der Waals surface area contributed by atoms with Gasteiger partial charge in [0, 0.05) is 18.2 Å². The van der Waals surface area contributed by atoms with Gasteiger partial charge in [-0.3, -0.25) is 4.79 Å². The van der Waals surface area contributed by atoms with Gasteiger partial charge in [0.25, 0.3) is 5.91 Å². The highest BCUT2D eigenvalue weighted by Gasteiger charge is 2.34. The van der Waals surface area contributed by atoms with E-state index in [4.69, 9.17) is 0 Å². The van der Waals surface area contributed by atoms with E-state index in [1.54, 1.807) is 11.3 Å². The lowest BCUT2D eigenvalue weighted by molar-refractivity contribution is 0.0620. The number of thiazole rings is 1. The van der Waals surface area contributed by atoms with Crippen LogP contribution in [0.25, 0.3) is 10.2 Å². The van der Waals surface area contributed by atoms with Crippen LogP contribution in [0.2, 0.25) is 0 Å². The van der Waals surface area contributed by atoms with Crippen molar-refractivity contribution in [3.63, 3.8) is 0 Å². The SMILES string of the molecule is O=C(N[C@H]1CN2CCC1CC2)c1ccc2scnc2c1. The number of carbonyl (C=O) groups is 1. The Hall–Kier alpha value is -1.46. The van der Waals surface area contributed by atoms with Crippen molar-refractivity contribution in [3.8, 4) is 0 Å². The molecule has 5 heteroatoms. The standard InChI is InChI=1S/C15H17N3OS/c19-15(11-1-2-14-12(7-11)16-9-20-14)17-13-8-18-5-3-10(13)4-6-18/h1-2,7,9-10,13H,3-6,8H2,(H,17,19)/t13-/m0/s1. The van der Waals surface area contributed by atoms with Gasteiger partial charge < -0.3 is 10.2 Å².